The maximum absolute atomic E-state index is 12.2. The van der Waals surface area contributed by atoms with Crippen molar-refractivity contribution in [2.24, 2.45) is 0 Å². The average Bonchev–Trinajstić information content (AvgIpc) is 2.93. The summed E-state index contributed by atoms with van der Waals surface area (Å²) in [5.41, 5.74) is 2.27. The molecule has 0 radical (unpaired) electrons. The summed E-state index contributed by atoms with van der Waals surface area (Å²) >= 11 is 1.43. The molecule has 0 fully saturated rings. The lowest BCUT2D eigenvalue weighted by molar-refractivity contribution is 0.0692. The highest BCUT2D eigenvalue weighted by Crippen LogP contribution is 2.26. The smallest absolute Gasteiger partial charge is 0.265 e. The molecular weight excluding hydrogens is 300 g/mol. The van der Waals surface area contributed by atoms with Gasteiger partial charge in [0.1, 0.15) is 0 Å². The molecule has 1 aliphatic heterocycles. The Morgan fingerprint density at radius 3 is 2.41 bits per heavy atom. The number of benzene rings is 1. The van der Waals surface area contributed by atoms with Crippen LogP contribution in [0.25, 0.3) is 0 Å². The molecule has 3 amide bonds. The van der Waals surface area contributed by atoms with Crippen molar-refractivity contribution < 1.29 is 14.4 Å². The minimum atomic E-state index is -0.348. The second-order valence-electron chi connectivity index (χ2n) is 5.23. The van der Waals surface area contributed by atoms with E-state index in [-0.39, 0.29) is 17.7 Å². The summed E-state index contributed by atoms with van der Waals surface area (Å²) in [7, 11) is 1.44. The van der Waals surface area contributed by atoms with Crippen molar-refractivity contribution >= 4 is 34.7 Å². The lowest BCUT2D eigenvalue weighted by atomic mass is 10.1. The fraction of sp³-hybridized carbons (Fsp3) is 0.188. The number of carbonyl (C=O) groups is 3. The van der Waals surface area contributed by atoms with Gasteiger partial charge in [0, 0.05) is 17.6 Å². The largest absolute Gasteiger partial charge is 0.321 e. The van der Waals surface area contributed by atoms with E-state index in [0.29, 0.717) is 21.7 Å². The number of aryl methyl sites for hydroxylation is 2. The molecular formula is C16H14N2O3S. The van der Waals surface area contributed by atoms with Gasteiger partial charge in [-0.2, -0.15) is 0 Å². The minimum absolute atomic E-state index is 0.216. The van der Waals surface area contributed by atoms with Gasteiger partial charge < -0.3 is 5.32 Å². The van der Waals surface area contributed by atoms with Gasteiger partial charge in [-0.15, -0.1) is 11.3 Å². The molecule has 1 aromatic heterocycles. The molecule has 3 rings (SSSR count). The quantitative estimate of drug-likeness (QED) is 0.867. The number of hydrogen-bond donors (Lipinski definition) is 1. The van der Waals surface area contributed by atoms with Crippen LogP contribution in [-0.4, -0.2) is 29.7 Å². The first-order valence-electron chi connectivity index (χ1n) is 6.73. The van der Waals surface area contributed by atoms with Gasteiger partial charge in [-0.25, -0.2) is 0 Å². The molecule has 1 aromatic carbocycles. The summed E-state index contributed by atoms with van der Waals surface area (Å²) in [6, 6.07) is 6.59. The fourth-order valence-corrected chi connectivity index (χ4v) is 3.25. The Balaban J connectivity index is 1.87. The first-order valence-corrected chi connectivity index (χ1v) is 7.55. The zero-order valence-electron chi connectivity index (χ0n) is 12.4. The van der Waals surface area contributed by atoms with E-state index < -0.39 is 0 Å². The number of fused-ring (bicyclic) bond motifs is 1. The van der Waals surface area contributed by atoms with Gasteiger partial charge in [0.2, 0.25) is 0 Å². The molecule has 0 atom stereocenters. The highest BCUT2D eigenvalue weighted by atomic mass is 32.1. The first-order chi connectivity index (χ1) is 10.4. The minimum Gasteiger partial charge on any atom is -0.321 e. The number of hydrogen-bond acceptors (Lipinski definition) is 4. The number of thiophene rings is 1. The standard InChI is InChI=1S/C16H14N2O3S/c1-8-6-13(22-9(8)2)14(19)17-10-4-5-11-12(7-10)16(21)18(3)15(11)20/h4-7H,1-3H3,(H,17,19). The number of anilines is 1. The summed E-state index contributed by atoms with van der Waals surface area (Å²) in [4.78, 5) is 38.8. The van der Waals surface area contributed by atoms with Crippen LogP contribution in [-0.2, 0) is 0 Å². The van der Waals surface area contributed by atoms with E-state index in [2.05, 4.69) is 5.32 Å². The van der Waals surface area contributed by atoms with Crippen LogP contribution in [0.4, 0.5) is 5.69 Å². The molecule has 1 aliphatic rings. The number of imide groups is 1. The van der Waals surface area contributed by atoms with Crippen molar-refractivity contribution in [2.75, 3.05) is 12.4 Å². The number of amides is 3. The van der Waals surface area contributed by atoms with Crippen molar-refractivity contribution in [3.8, 4) is 0 Å². The van der Waals surface area contributed by atoms with Gasteiger partial charge in [0.15, 0.2) is 0 Å². The van der Waals surface area contributed by atoms with E-state index >= 15 is 0 Å². The molecule has 0 unspecified atom stereocenters. The molecule has 0 bridgehead atoms. The van der Waals surface area contributed by atoms with Crippen LogP contribution < -0.4 is 5.32 Å². The van der Waals surface area contributed by atoms with Crippen LogP contribution in [0.15, 0.2) is 24.3 Å². The highest BCUT2D eigenvalue weighted by Gasteiger charge is 2.32. The molecule has 6 heteroatoms. The van der Waals surface area contributed by atoms with Crippen LogP contribution in [0.3, 0.4) is 0 Å². The molecule has 22 heavy (non-hydrogen) atoms. The van der Waals surface area contributed by atoms with Gasteiger partial charge in [-0.3, -0.25) is 19.3 Å². The Kier molecular flexibility index (Phi) is 3.33. The van der Waals surface area contributed by atoms with E-state index in [9.17, 15) is 14.4 Å². The average molecular weight is 314 g/mol. The zero-order chi connectivity index (χ0) is 16.0. The maximum atomic E-state index is 12.2. The van der Waals surface area contributed by atoms with E-state index in [1.807, 2.05) is 19.9 Å². The van der Waals surface area contributed by atoms with E-state index in [1.54, 1.807) is 18.2 Å². The highest BCUT2D eigenvalue weighted by molar-refractivity contribution is 7.14. The molecule has 0 aliphatic carbocycles. The van der Waals surface area contributed by atoms with Crippen LogP contribution >= 0.6 is 11.3 Å². The van der Waals surface area contributed by atoms with Crippen LogP contribution in [0.5, 0.6) is 0 Å². The fourth-order valence-electron chi connectivity index (χ4n) is 2.32. The van der Waals surface area contributed by atoms with Gasteiger partial charge >= 0.3 is 0 Å². The third-order valence-corrected chi connectivity index (χ3v) is 4.89. The van der Waals surface area contributed by atoms with E-state index in [0.717, 1.165) is 15.3 Å². The molecule has 0 saturated heterocycles. The second kappa shape index (κ2) is 5.06. The number of nitrogens with one attached hydrogen (secondary N) is 1. The summed E-state index contributed by atoms with van der Waals surface area (Å²) in [5, 5.41) is 2.77. The molecule has 2 heterocycles. The van der Waals surface area contributed by atoms with Gasteiger partial charge in [-0.05, 0) is 43.7 Å². The van der Waals surface area contributed by atoms with Crippen molar-refractivity contribution in [1.82, 2.24) is 4.90 Å². The zero-order valence-corrected chi connectivity index (χ0v) is 13.2. The van der Waals surface area contributed by atoms with Gasteiger partial charge in [0.05, 0.1) is 16.0 Å². The van der Waals surface area contributed by atoms with Crippen molar-refractivity contribution in [3.63, 3.8) is 0 Å². The number of carbonyl (C=O) groups excluding carboxylic acids is 3. The van der Waals surface area contributed by atoms with Gasteiger partial charge in [-0.1, -0.05) is 0 Å². The van der Waals surface area contributed by atoms with Gasteiger partial charge in [0.25, 0.3) is 17.7 Å². The van der Waals surface area contributed by atoms with Crippen LogP contribution in [0.1, 0.15) is 40.8 Å². The Bertz CT molecular complexity index is 803. The maximum Gasteiger partial charge on any atom is 0.265 e. The predicted molar refractivity (Wildman–Crippen MR) is 84.6 cm³/mol. The van der Waals surface area contributed by atoms with Crippen LogP contribution in [0, 0.1) is 13.8 Å². The molecule has 1 N–H and O–H groups in total. The summed E-state index contributed by atoms with van der Waals surface area (Å²) in [5.74, 6) is -0.882. The molecule has 112 valence electrons. The molecule has 0 spiro atoms. The molecule has 2 aromatic rings. The number of nitrogens with zero attached hydrogens (tertiary/aromatic N) is 1. The molecule has 0 saturated carbocycles. The first kappa shape index (κ1) is 14.5. The summed E-state index contributed by atoms with van der Waals surface area (Å²) in [6.45, 7) is 3.92. The van der Waals surface area contributed by atoms with Crippen molar-refractivity contribution in [2.45, 2.75) is 13.8 Å². The predicted octanol–water partition coefficient (Wildman–Crippen LogP) is 2.84. The molecule has 5 nitrogen and oxygen atoms in total. The lowest BCUT2D eigenvalue weighted by Crippen LogP contribution is -2.24. The van der Waals surface area contributed by atoms with E-state index in [1.165, 1.54) is 18.4 Å². The Morgan fingerprint density at radius 2 is 1.77 bits per heavy atom. The number of rotatable bonds is 2. The van der Waals surface area contributed by atoms with Crippen molar-refractivity contribution in [3.05, 3.63) is 50.7 Å². The lowest BCUT2D eigenvalue weighted by Gasteiger charge is -2.04. The van der Waals surface area contributed by atoms with E-state index in [4.69, 9.17) is 0 Å². The summed E-state index contributed by atoms with van der Waals surface area (Å²) < 4.78 is 0. The SMILES string of the molecule is Cc1cc(C(=O)Nc2ccc3c(c2)C(=O)N(C)C3=O)sc1C. The topological polar surface area (TPSA) is 66.5 Å². The third kappa shape index (κ3) is 2.21. The third-order valence-electron chi connectivity index (χ3n) is 3.74. The summed E-state index contributed by atoms with van der Waals surface area (Å²) in [6.07, 6.45) is 0. The Hall–Kier alpha value is -2.47. The monoisotopic (exact) mass is 314 g/mol. The van der Waals surface area contributed by atoms with Crippen LogP contribution in [0.2, 0.25) is 0 Å². The van der Waals surface area contributed by atoms with Crippen molar-refractivity contribution in [1.29, 1.82) is 0 Å². The normalized spacial score (nSPS) is 13.5. The Labute approximate surface area is 131 Å². The Morgan fingerprint density at radius 1 is 1.09 bits per heavy atom. The second-order valence-corrected chi connectivity index (χ2v) is 6.49.